The number of nitrogens with zero attached hydrogens (tertiary/aromatic N) is 1. The molecular formula is C26H30N2O5. The second-order valence-electron chi connectivity index (χ2n) is 8.80. The highest BCUT2D eigenvalue weighted by Crippen LogP contribution is 2.44. The third-order valence-corrected chi connectivity index (χ3v) is 6.65. The SMILES string of the molecule is CCC(CNC(=O)OCC1c2ccccc2-c2ccccc21)C(=O)N(C1CC1)C(C)C(=O)O. The molecule has 2 amide bonds. The summed E-state index contributed by atoms with van der Waals surface area (Å²) in [5.41, 5.74) is 4.59. The monoisotopic (exact) mass is 450 g/mol. The number of carbonyl (C=O) groups excluding carboxylic acids is 2. The maximum absolute atomic E-state index is 13.0. The van der Waals surface area contributed by atoms with Crippen molar-refractivity contribution in [2.75, 3.05) is 13.2 Å². The highest BCUT2D eigenvalue weighted by atomic mass is 16.5. The minimum Gasteiger partial charge on any atom is -0.480 e. The average Bonchev–Trinajstić information content (AvgIpc) is 3.60. The first-order valence-electron chi connectivity index (χ1n) is 11.6. The van der Waals surface area contributed by atoms with Crippen molar-refractivity contribution in [1.29, 1.82) is 0 Å². The van der Waals surface area contributed by atoms with Crippen LogP contribution in [0.5, 0.6) is 0 Å². The number of rotatable bonds is 9. The van der Waals surface area contributed by atoms with Crippen LogP contribution in [0.25, 0.3) is 11.1 Å². The predicted molar refractivity (Wildman–Crippen MR) is 124 cm³/mol. The molecule has 0 aromatic heterocycles. The van der Waals surface area contributed by atoms with Crippen LogP contribution in [-0.2, 0) is 14.3 Å². The molecule has 33 heavy (non-hydrogen) atoms. The number of amides is 2. The number of benzene rings is 2. The fourth-order valence-corrected chi connectivity index (χ4v) is 4.63. The molecule has 0 heterocycles. The predicted octanol–water partition coefficient (Wildman–Crippen LogP) is 4.02. The zero-order chi connectivity index (χ0) is 23.5. The van der Waals surface area contributed by atoms with Crippen LogP contribution in [0.4, 0.5) is 4.79 Å². The molecule has 7 heteroatoms. The Balaban J connectivity index is 1.35. The lowest BCUT2D eigenvalue weighted by Crippen LogP contribution is -2.49. The van der Waals surface area contributed by atoms with Gasteiger partial charge in [0.25, 0.3) is 0 Å². The van der Waals surface area contributed by atoms with Gasteiger partial charge in [-0.3, -0.25) is 4.79 Å². The van der Waals surface area contributed by atoms with Crippen LogP contribution in [0.3, 0.4) is 0 Å². The molecule has 174 valence electrons. The second-order valence-corrected chi connectivity index (χ2v) is 8.80. The van der Waals surface area contributed by atoms with E-state index in [9.17, 15) is 19.5 Å². The zero-order valence-electron chi connectivity index (χ0n) is 19.0. The van der Waals surface area contributed by atoms with Crippen molar-refractivity contribution in [3.8, 4) is 11.1 Å². The normalized spacial score (nSPS) is 16.3. The van der Waals surface area contributed by atoms with Gasteiger partial charge in [0.1, 0.15) is 12.6 Å². The largest absolute Gasteiger partial charge is 0.480 e. The van der Waals surface area contributed by atoms with E-state index in [0.29, 0.717) is 6.42 Å². The van der Waals surface area contributed by atoms with Gasteiger partial charge in [-0.05, 0) is 48.4 Å². The van der Waals surface area contributed by atoms with Gasteiger partial charge in [0.15, 0.2) is 0 Å². The highest BCUT2D eigenvalue weighted by Gasteiger charge is 2.40. The molecule has 2 aromatic rings. The van der Waals surface area contributed by atoms with E-state index in [0.717, 1.165) is 35.1 Å². The summed E-state index contributed by atoms with van der Waals surface area (Å²) in [5, 5.41) is 12.1. The maximum Gasteiger partial charge on any atom is 0.407 e. The molecule has 7 nitrogen and oxygen atoms in total. The summed E-state index contributed by atoms with van der Waals surface area (Å²) in [6, 6.07) is 15.4. The Labute approximate surface area is 193 Å². The third kappa shape index (κ3) is 4.72. The summed E-state index contributed by atoms with van der Waals surface area (Å²) in [6.45, 7) is 3.71. The van der Waals surface area contributed by atoms with Gasteiger partial charge in [-0.2, -0.15) is 0 Å². The van der Waals surface area contributed by atoms with E-state index in [4.69, 9.17) is 4.74 Å². The number of aliphatic carboxylic acids is 1. The minimum absolute atomic E-state index is 0.0212. The van der Waals surface area contributed by atoms with E-state index in [1.54, 1.807) is 0 Å². The zero-order valence-corrected chi connectivity index (χ0v) is 19.0. The molecule has 0 aliphatic heterocycles. The fraction of sp³-hybridized carbons (Fsp3) is 0.423. The van der Waals surface area contributed by atoms with E-state index in [2.05, 4.69) is 29.6 Å². The van der Waals surface area contributed by atoms with Crippen LogP contribution < -0.4 is 5.32 Å². The Morgan fingerprint density at radius 1 is 1.06 bits per heavy atom. The number of ether oxygens (including phenoxy) is 1. The van der Waals surface area contributed by atoms with Crippen molar-refractivity contribution in [3.63, 3.8) is 0 Å². The summed E-state index contributed by atoms with van der Waals surface area (Å²) in [7, 11) is 0. The highest BCUT2D eigenvalue weighted by molar-refractivity contribution is 5.86. The van der Waals surface area contributed by atoms with E-state index in [1.165, 1.54) is 11.8 Å². The van der Waals surface area contributed by atoms with Crippen LogP contribution in [0.1, 0.15) is 50.2 Å². The van der Waals surface area contributed by atoms with E-state index >= 15 is 0 Å². The Morgan fingerprint density at radius 2 is 1.64 bits per heavy atom. The lowest BCUT2D eigenvalue weighted by Gasteiger charge is -2.30. The Hall–Kier alpha value is -3.35. The molecule has 2 unspecified atom stereocenters. The first kappa shape index (κ1) is 22.8. The van der Waals surface area contributed by atoms with Crippen molar-refractivity contribution in [1.82, 2.24) is 10.2 Å². The topological polar surface area (TPSA) is 95.9 Å². The third-order valence-electron chi connectivity index (χ3n) is 6.65. The molecule has 4 rings (SSSR count). The molecule has 0 bridgehead atoms. The summed E-state index contributed by atoms with van der Waals surface area (Å²) >= 11 is 0. The fourth-order valence-electron chi connectivity index (χ4n) is 4.63. The maximum atomic E-state index is 13.0. The van der Waals surface area contributed by atoms with Gasteiger partial charge in [-0.25, -0.2) is 9.59 Å². The van der Waals surface area contributed by atoms with E-state index in [1.807, 2.05) is 31.2 Å². The number of hydrogen-bond donors (Lipinski definition) is 2. The summed E-state index contributed by atoms with van der Waals surface area (Å²) in [6.07, 6.45) is 1.56. The first-order valence-corrected chi connectivity index (χ1v) is 11.6. The summed E-state index contributed by atoms with van der Waals surface area (Å²) in [5.74, 6) is -1.77. The van der Waals surface area contributed by atoms with Crippen molar-refractivity contribution < 1.29 is 24.2 Å². The molecule has 1 saturated carbocycles. The van der Waals surface area contributed by atoms with Gasteiger partial charge in [0, 0.05) is 18.5 Å². The molecule has 0 saturated heterocycles. The van der Waals surface area contributed by atoms with Crippen LogP contribution >= 0.6 is 0 Å². The van der Waals surface area contributed by atoms with Crippen LogP contribution in [0.15, 0.2) is 48.5 Å². The summed E-state index contributed by atoms with van der Waals surface area (Å²) in [4.78, 5) is 38.4. The van der Waals surface area contributed by atoms with Crippen molar-refractivity contribution in [2.24, 2.45) is 5.92 Å². The average molecular weight is 451 g/mol. The van der Waals surface area contributed by atoms with Crippen LogP contribution in [0.2, 0.25) is 0 Å². The Kier molecular flexibility index (Phi) is 6.67. The van der Waals surface area contributed by atoms with Gasteiger partial charge in [-0.1, -0.05) is 55.5 Å². The molecular weight excluding hydrogens is 420 g/mol. The van der Waals surface area contributed by atoms with Crippen molar-refractivity contribution in [2.45, 2.75) is 51.1 Å². The molecule has 2 aliphatic rings. The quantitative estimate of drug-likeness (QED) is 0.602. The number of hydrogen-bond acceptors (Lipinski definition) is 4. The number of fused-ring (bicyclic) bond motifs is 3. The van der Waals surface area contributed by atoms with Crippen molar-refractivity contribution in [3.05, 3.63) is 59.7 Å². The van der Waals surface area contributed by atoms with Crippen molar-refractivity contribution >= 4 is 18.0 Å². The number of alkyl carbamates (subject to hydrolysis) is 1. The number of carbonyl (C=O) groups is 3. The molecule has 1 fully saturated rings. The molecule has 2 aromatic carbocycles. The second kappa shape index (κ2) is 9.65. The van der Waals surface area contributed by atoms with Crippen LogP contribution in [-0.4, -0.2) is 53.2 Å². The first-order chi connectivity index (χ1) is 15.9. The standard InChI is InChI=1S/C26H30N2O5/c1-3-17(24(29)28(18-12-13-18)16(2)25(30)31)14-27-26(32)33-15-23-21-10-6-4-8-19(21)20-9-5-7-11-22(20)23/h4-11,16-18,23H,3,12-15H2,1-2H3,(H,27,32)(H,30,31). The van der Waals surface area contributed by atoms with E-state index in [-0.39, 0.29) is 31.0 Å². The molecule has 2 aliphatic carbocycles. The lowest BCUT2D eigenvalue weighted by atomic mass is 9.98. The van der Waals surface area contributed by atoms with Gasteiger partial charge in [-0.15, -0.1) is 0 Å². The molecule has 0 radical (unpaired) electrons. The molecule has 2 N–H and O–H groups in total. The van der Waals surface area contributed by atoms with Gasteiger partial charge >= 0.3 is 12.1 Å². The Bertz CT molecular complexity index is 1000. The smallest absolute Gasteiger partial charge is 0.407 e. The van der Waals surface area contributed by atoms with Gasteiger partial charge in [0.2, 0.25) is 5.91 Å². The minimum atomic E-state index is -1.02. The molecule has 0 spiro atoms. The van der Waals surface area contributed by atoms with Gasteiger partial charge in [0.05, 0.1) is 5.92 Å². The summed E-state index contributed by atoms with van der Waals surface area (Å²) < 4.78 is 5.55. The Morgan fingerprint density at radius 3 is 2.15 bits per heavy atom. The van der Waals surface area contributed by atoms with E-state index < -0.39 is 24.0 Å². The number of nitrogens with one attached hydrogen (secondary N) is 1. The van der Waals surface area contributed by atoms with Gasteiger partial charge < -0.3 is 20.1 Å². The number of carboxylic acids is 1. The molecule has 2 atom stereocenters. The van der Waals surface area contributed by atoms with Crippen LogP contribution in [0, 0.1) is 5.92 Å². The number of carboxylic acid groups (broad SMARTS) is 1. The lowest BCUT2D eigenvalue weighted by molar-refractivity contribution is -0.151.